The Hall–Kier alpha value is -0.740. The van der Waals surface area contributed by atoms with E-state index in [2.05, 4.69) is 44.3 Å². The van der Waals surface area contributed by atoms with Gasteiger partial charge in [-0.25, -0.2) is 9.97 Å². The molecule has 2 aromatic heterocycles. The summed E-state index contributed by atoms with van der Waals surface area (Å²) >= 11 is 4.99. The van der Waals surface area contributed by atoms with Crippen LogP contribution in [0.1, 0.15) is 5.56 Å². The van der Waals surface area contributed by atoms with Gasteiger partial charge in [0.2, 0.25) is 0 Å². The van der Waals surface area contributed by atoms with Crippen LogP contribution in [0, 0.1) is 6.92 Å². The van der Waals surface area contributed by atoms with Gasteiger partial charge in [0.05, 0.1) is 4.88 Å². The van der Waals surface area contributed by atoms with Gasteiger partial charge in [-0.1, -0.05) is 0 Å². The summed E-state index contributed by atoms with van der Waals surface area (Å²) in [6, 6.07) is 3.90. The first-order valence-electron chi connectivity index (χ1n) is 3.80. The lowest BCUT2D eigenvalue weighted by Crippen LogP contribution is -1.86. The van der Waals surface area contributed by atoms with Gasteiger partial charge in [0, 0.05) is 6.20 Å². The van der Waals surface area contributed by atoms with Crippen LogP contribution in [0.15, 0.2) is 28.3 Å². The Morgan fingerprint density at radius 3 is 2.85 bits per heavy atom. The smallest absolute Gasteiger partial charge is 0.170 e. The molecule has 13 heavy (non-hydrogen) atoms. The number of halogens is 1. The zero-order valence-corrected chi connectivity index (χ0v) is 9.39. The Labute approximate surface area is 88.8 Å². The van der Waals surface area contributed by atoms with E-state index < -0.39 is 0 Å². The van der Waals surface area contributed by atoms with Gasteiger partial charge in [0.25, 0.3) is 0 Å². The minimum atomic E-state index is 0.793. The zero-order chi connectivity index (χ0) is 9.26. The highest BCUT2D eigenvalue weighted by molar-refractivity contribution is 9.10. The number of rotatable bonds is 1. The van der Waals surface area contributed by atoms with Crippen LogP contribution in [0.4, 0.5) is 0 Å². The van der Waals surface area contributed by atoms with E-state index in [4.69, 9.17) is 0 Å². The molecule has 0 spiro atoms. The summed E-state index contributed by atoms with van der Waals surface area (Å²) in [6.07, 6.45) is 1.76. The lowest BCUT2D eigenvalue weighted by molar-refractivity contribution is 1.15. The van der Waals surface area contributed by atoms with Crippen molar-refractivity contribution in [3.8, 4) is 10.7 Å². The molecule has 0 saturated carbocycles. The Morgan fingerprint density at radius 1 is 1.38 bits per heavy atom. The third kappa shape index (κ3) is 1.78. The predicted molar refractivity (Wildman–Crippen MR) is 57.8 cm³/mol. The average molecular weight is 255 g/mol. The van der Waals surface area contributed by atoms with E-state index in [1.165, 1.54) is 5.56 Å². The first-order valence-corrected chi connectivity index (χ1v) is 5.47. The van der Waals surface area contributed by atoms with Gasteiger partial charge in [-0.2, -0.15) is 0 Å². The minimum absolute atomic E-state index is 0.793. The maximum absolute atomic E-state index is 4.29. The average Bonchev–Trinajstić information content (AvgIpc) is 2.51. The number of nitrogens with zero attached hydrogens (tertiary/aromatic N) is 2. The molecule has 0 atom stereocenters. The van der Waals surface area contributed by atoms with E-state index in [1.807, 2.05) is 6.07 Å². The Morgan fingerprint density at radius 2 is 2.23 bits per heavy atom. The second kappa shape index (κ2) is 3.55. The standard InChI is InChI=1S/C9H7BrN2S/c1-6-3-5-13-8(6)9-11-4-2-7(10)12-9/h2-5H,1H3. The second-order valence-corrected chi connectivity index (χ2v) is 4.36. The topological polar surface area (TPSA) is 25.8 Å². The maximum Gasteiger partial charge on any atom is 0.170 e. The molecule has 2 nitrogen and oxygen atoms in total. The largest absolute Gasteiger partial charge is 0.236 e. The van der Waals surface area contributed by atoms with Crippen molar-refractivity contribution >= 4 is 27.3 Å². The SMILES string of the molecule is Cc1ccsc1-c1nccc(Br)n1. The molecule has 0 saturated heterocycles. The van der Waals surface area contributed by atoms with Gasteiger partial charge in [0.1, 0.15) is 4.60 Å². The third-order valence-electron chi connectivity index (χ3n) is 1.69. The second-order valence-electron chi connectivity index (χ2n) is 2.64. The highest BCUT2D eigenvalue weighted by Crippen LogP contribution is 2.26. The van der Waals surface area contributed by atoms with Crippen LogP contribution in [-0.4, -0.2) is 9.97 Å². The van der Waals surface area contributed by atoms with Crippen molar-refractivity contribution in [1.82, 2.24) is 9.97 Å². The van der Waals surface area contributed by atoms with Crippen LogP contribution in [0.2, 0.25) is 0 Å². The van der Waals surface area contributed by atoms with Gasteiger partial charge in [-0.3, -0.25) is 0 Å². The Kier molecular flexibility index (Phi) is 2.42. The highest BCUT2D eigenvalue weighted by atomic mass is 79.9. The molecule has 0 radical (unpaired) electrons. The summed E-state index contributed by atoms with van der Waals surface area (Å²) in [5.74, 6) is 0.793. The van der Waals surface area contributed by atoms with Crippen LogP contribution in [-0.2, 0) is 0 Å². The maximum atomic E-state index is 4.29. The van der Waals surface area contributed by atoms with Crippen LogP contribution in [0.3, 0.4) is 0 Å². The van der Waals surface area contributed by atoms with E-state index >= 15 is 0 Å². The lowest BCUT2D eigenvalue weighted by Gasteiger charge is -1.97. The van der Waals surface area contributed by atoms with Gasteiger partial charge in [0.15, 0.2) is 5.82 Å². The van der Waals surface area contributed by atoms with Crippen molar-refractivity contribution < 1.29 is 0 Å². The van der Waals surface area contributed by atoms with Crippen molar-refractivity contribution in [1.29, 1.82) is 0 Å². The van der Waals surface area contributed by atoms with E-state index in [9.17, 15) is 0 Å². The van der Waals surface area contributed by atoms with Crippen LogP contribution >= 0.6 is 27.3 Å². The van der Waals surface area contributed by atoms with Crippen molar-refractivity contribution in [3.63, 3.8) is 0 Å². The number of aromatic nitrogens is 2. The van der Waals surface area contributed by atoms with Crippen molar-refractivity contribution in [2.45, 2.75) is 6.92 Å². The van der Waals surface area contributed by atoms with E-state index in [1.54, 1.807) is 17.5 Å². The molecule has 0 fully saturated rings. The van der Waals surface area contributed by atoms with Crippen LogP contribution in [0.5, 0.6) is 0 Å². The molecule has 0 aliphatic heterocycles. The monoisotopic (exact) mass is 254 g/mol. The fourth-order valence-electron chi connectivity index (χ4n) is 1.05. The molecule has 0 unspecified atom stereocenters. The first kappa shape index (κ1) is 8.84. The molecular weight excluding hydrogens is 248 g/mol. The molecule has 0 N–H and O–H groups in total. The first-order chi connectivity index (χ1) is 6.27. The fourth-order valence-corrected chi connectivity index (χ4v) is 2.20. The normalized spacial score (nSPS) is 10.3. The summed E-state index contributed by atoms with van der Waals surface area (Å²) < 4.78 is 0.824. The van der Waals surface area contributed by atoms with Gasteiger partial charge >= 0.3 is 0 Å². The molecule has 2 rings (SSSR count). The van der Waals surface area contributed by atoms with Crippen molar-refractivity contribution in [2.75, 3.05) is 0 Å². The number of hydrogen-bond acceptors (Lipinski definition) is 3. The summed E-state index contributed by atoms with van der Waals surface area (Å²) in [5.41, 5.74) is 1.23. The van der Waals surface area contributed by atoms with Crippen LogP contribution < -0.4 is 0 Å². The van der Waals surface area contributed by atoms with Gasteiger partial charge in [-0.15, -0.1) is 11.3 Å². The molecule has 4 heteroatoms. The summed E-state index contributed by atoms with van der Waals surface area (Å²) in [6.45, 7) is 2.07. The number of thiophene rings is 1. The van der Waals surface area contributed by atoms with Crippen LogP contribution in [0.25, 0.3) is 10.7 Å². The third-order valence-corrected chi connectivity index (χ3v) is 3.14. The molecule has 0 aliphatic rings. The molecule has 2 heterocycles. The molecule has 2 aromatic rings. The Bertz CT molecular complexity index is 425. The van der Waals surface area contributed by atoms with E-state index in [0.717, 1.165) is 15.3 Å². The number of aryl methyl sites for hydroxylation is 1. The fraction of sp³-hybridized carbons (Fsp3) is 0.111. The molecule has 0 amide bonds. The van der Waals surface area contributed by atoms with Crippen molar-refractivity contribution in [3.05, 3.63) is 33.9 Å². The summed E-state index contributed by atoms with van der Waals surface area (Å²) in [4.78, 5) is 9.64. The van der Waals surface area contributed by atoms with E-state index in [-0.39, 0.29) is 0 Å². The quantitative estimate of drug-likeness (QED) is 0.731. The number of hydrogen-bond donors (Lipinski definition) is 0. The van der Waals surface area contributed by atoms with Gasteiger partial charge < -0.3 is 0 Å². The van der Waals surface area contributed by atoms with Crippen molar-refractivity contribution in [2.24, 2.45) is 0 Å². The lowest BCUT2D eigenvalue weighted by atomic mass is 10.3. The molecule has 0 aliphatic carbocycles. The van der Waals surface area contributed by atoms with E-state index in [0.29, 0.717) is 0 Å². The summed E-state index contributed by atoms with van der Waals surface area (Å²) in [5, 5.41) is 2.05. The Balaban J connectivity index is 2.53. The van der Waals surface area contributed by atoms with Gasteiger partial charge in [-0.05, 0) is 45.9 Å². The predicted octanol–water partition coefficient (Wildman–Crippen LogP) is 3.28. The minimum Gasteiger partial charge on any atom is -0.236 e. The molecular formula is C9H7BrN2S. The molecule has 0 aromatic carbocycles. The molecule has 0 bridgehead atoms. The molecule has 66 valence electrons. The zero-order valence-electron chi connectivity index (χ0n) is 6.99. The summed E-state index contributed by atoms with van der Waals surface area (Å²) in [7, 11) is 0. The highest BCUT2D eigenvalue weighted by Gasteiger charge is 2.05.